The number of guanidine groups is 1. The lowest BCUT2D eigenvalue weighted by atomic mass is 9.90. The number of pyridine rings is 1. The Bertz CT molecular complexity index is 1070. The molecule has 30 heavy (non-hydrogen) atoms. The molecule has 6 heteroatoms. The van der Waals surface area contributed by atoms with E-state index in [0.717, 1.165) is 58.6 Å². The van der Waals surface area contributed by atoms with Crippen LogP contribution in [0.2, 0.25) is 5.02 Å². The van der Waals surface area contributed by atoms with E-state index in [0.29, 0.717) is 0 Å². The zero-order chi connectivity index (χ0) is 20.9. The minimum atomic E-state index is 0.0672. The van der Waals surface area contributed by atoms with E-state index in [2.05, 4.69) is 28.5 Å². The van der Waals surface area contributed by atoms with Crippen molar-refractivity contribution in [2.45, 2.75) is 37.8 Å². The molecule has 0 amide bonds. The van der Waals surface area contributed by atoms with E-state index in [-0.39, 0.29) is 18.0 Å². The summed E-state index contributed by atoms with van der Waals surface area (Å²) in [6.45, 7) is 0. The fourth-order valence-corrected chi connectivity index (χ4v) is 4.10. The molecule has 0 radical (unpaired) electrons. The highest BCUT2D eigenvalue weighted by molar-refractivity contribution is 6.30. The highest BCUT2D eigenvalue weighted by Crippen LogP contribution is 2.29. The van der Waals surface area contributed by atoms with Crippen molar-refractivity contribution in [2.24, 2.45) is 16.5 Å². The van der Waals surface area contributed by atoms with Crippen molar-refractivity contribution in [2.75, 3.05) is 5.32 Å². The van der Waals surface area contributed by atoms with Crippen LogP contribution in [0.25, 0.3) is 22.9 Å². The Morgan fingerprint density at radius 2 is 1.80 bits per heavy atom. The van der Waals surface area contributed by atoms with Crippen molar-refractivity contribution in [3.05, 3.63) is 70.9 Å². The molecule has 1 heterocycles. The molecule has 5 N–H and O–H groups in total. The summed E-state index contributed by atoms with van der Waals surface area (Å²) in [7, 11) is 0. The quantitative estimate of drug-likeness (QED) is 0.398. The summed E-state index contributed by atoms with van der Waals surface area (Å²) in [5, 5.41) is 6.60. The number of aromatic nitrogens is 1. The number of anilines is 1. The second-order valence-corrected chi connectivity index (χ2v) is 8.09. The van der Waals surface area contributed by atoms with E-state index >= 15 is 0 Å². The van der Waals surface area contributed by atoms with Crippen molar-refractivity contribution in [1.29, 1.82) is 0 Å². The number of halogens is 1. The lowest BCUT2D eigenvalue weighted by molar-refractivity contribution is 0.405. The van der Waals surface area contributed by atoms with Crippen LogP contribution in [-0.2, 0) is 0 Å². The van der Waals surface area contributed by atoms with Gasteiger partial charge in [-0.25, -0.2) is 9.98 Å². The van der Waals surface area contributed by atoms with Gasteiger partial charge in [0.1, 0.15) is 5.82 Å². The number of rotatable bonds is 5. The Morgan fingerprint density at radius 3 is 2.60 bits per heavy atom. The maximum Gasteiger partial charge on any atom is 0.186 e. The van der Waals surface area contributed by atoms with Crippen LogP contribution in [0.1, 0.15) is 36.9 Å². The highest BCUT2D eigenvalue weighted by atomic mass is 35.5. The molecular weight excluding hydrogens is 394 g/mol. The molecule has 1 aliphatic rings. The molecule has 1 aliphatic carbocycles. The van der Waals surface area contributed by atoms with Crippen molar-refractivity contribution in [1.82, 2.24) is 4.98 Å². The van der Waals surface area contributed by atoms with Gasteiger partial charge in [-0.15, -0.1) is 0 Å². The zero-order valence-electron chi connectivity index (χ0n) is 16.8. The zero-order valence-corrected chi connectivity index (χ0v) is 17.5. The third-order valence-corrected chi connectivity index (χ3v) is 5.70. The number of hydrogen-bond donors (Lipinski definition) is 3. The maximum absolute atomic E-state index is 5.98. The third kappa shape index (κ3) is 4.92. The monoisotopic (exact) mass is 419 g/mol. The summed E-state index contributed by atoms with van der Waals surface area (Å²) in [6.07, 6.45) is 8.35. The molecule has 4 rings (SSSR count). The molecule has 1 saturated carbocycles. The minimum absolute atomic E-state index is 0.0672. The van der Waals surface area contributed by atoms with Gasteiger partial charge in [0.2, 0.25) is 0 Å². The lowest BCUT2D eigenvalue weighted by Gasteiger charge is -2.30. The summed E-state index contributed by atoms with van der Waals surface area (Å²) in [5.41, 5.74) is 13.3. The second-order valence-electron chi connectivity index (χ2n) is 7.66. The number of fused-ring (bicyclic) bond motifs is 1. The molecule has 0 bridgehead atoms. The molecular formula is C24H26ClN5. The van der Waals surface area contributed by atoms with Crippen LogP contribution < -0.4 is 16.8 Å². The first-order valence-corrected chi connectivity index (χ1v) is 10.6. The smallest absolute Gasteiger partial charge is 0.186 e. The van der Waals surface area contributed by atoms with E-state index < -0.39 is 0 Å². The number of aliphatic imine (C=N–C) groups is 1. The first-order valence-electron chi connectivity index (χ1n) is 10.3. The van der Waals surface area contributed by atoms with Gasteiger partial charge >= 0.3 is 0 Å². The van der Waals surface area contributed by atoms with Gasteiger partial charge in [0.15, 0.2) is 5.96 Å². The third-order valence-electron chi connectivity index (χ3n) is 5.44. The van der Waals surface area contributed by atoms with Gasteiger partial charge < -0.3 is 16.8 Å². The van der Waals surface area contributed by atoms with Crippen LogP contribution in [0.4, 0.5) is 5.82 Å². The molecule has 3 aromatic rings. The van der Waals surface area contributed by atoms with Gasteiger partial charge in [-0.05, 0) is 48.1 Å². The first-order chi connectivity index (χ1) is 14.6. The largest absolute Gasteiger partial charge is 0.370 e. The summed E-state index contributed by atoms with van der Waals surface area (Å²) >= 11 is 5.98. The lowest BCUT2D eigenvalue weighted by Crippen LogP contribution is -2.38. The normalized spacial score (nSPS) is 19.1. The van der Waals surface area contributed by atoms with Crippen LogP contribution in [0.5, 0.6) is 0 Å². The first kappa shape index (κ1) is 20.2. The summed E-state index contributed by atoms with van der Waals surface area (Å²) in [6, 6.07) is 18.3. The number of hydrogen-bond acceptors (Lipinski definition) is 3. The van der Waals surface area contributed by atoms with E-state index in [4.69, 9.17) is 28.1 Å². The van der Waals surface area contributed by atoms with Crippen molar-refractivity contribution < 1.29 is 0 Å². The molecule has 0 aliphatic heterocycles. The molecule has 2 atom stereocenters. The predicted molar refractivity (Wildman–Crippen MR) is 128 cm³/mol. The van der Waals surface area contributed by atoms with E-state index in [9.17, 15) is 0 Å². The van der Waals surface area contributed by atoms with Crippen LogP contribution in [0, 0.1) is 0 Å². The summed E-state index contributed by atoms with van der Waals surface area (Å²) in [4.78, 5) is 9.36. The average Bonchev–Trinajstić information content (AvgIpc) is 2.74. The van der Waals surface area contributed by atoms with Crippen LogP contribution in [0.15, 0.2) is 59.6 Å². The van der Waals surface area contributed by atoms with Crippen molar-refractivity contribution >= 4 is 46.3 Å². The van der Waals surface area contributed by atoms with E-state index in [1.807, 2.05) is 48.6 Å². The second kappa shape index (κ2) is 9.18. The number of nitrogens with one attached hydrogen (secondary N) is 1. The molecule has 1 fully saturated rings. The van der Waals surface area contributed by atoms with Gasteiger partial charge in [0.25, 0.3) is 0 Å². The highest BCUT2D eigenvalue weighted by Gasteiger charge is 2.25. The topological polar surface area (TPSA) is 89.3 Å². The number of nitrogens with zero attached hydrogens (tertiary/aromatic N) is 2. The van der Waals surface area contributed by atoms with Gasteiger partial charge in [-0.1, -0.05) is 66.9 Å². The molecule has 0 spiro atoms. The maximum atomic E-state index is 5.98. The summed E-state index contributed by atoms with van der Waals surface area (Å²) in [5.74, 6) is 1.01. The Hall–Kier alpha value is -3.05. The average molecular weight is 420 g/mol. The predicted octanol–water partition coefficient (Wildman–Crippen LogP) is 5.06. The van der Waals surface area contributed by atoms with Crippen LogP contribution in [-0.4, -0.2) is 23.0 Å². The molecule has 0 saturated heterocycles. The fraction of sp³-hybridized carbons (Fsp3) is 0.250. The van der Waals surface area contributed by atoms with Crippen LogP contribution in [0.3, 0.4) is 0 Å². The standard InChI is InChI=1S/C24H26ClN5/c25-18-12-9-16(10-13-18)11-14-19-15-17-5-1-2-6-20(17)23(28-19)29-21-7-3-4-8-22(21)30-24(26)27/h1-2,5-6,9-15,21-22H,3-4,7-8H2,(H,28,29)(H4,26,27,30)/b14-11+. The fourth-order valence-electron chi connectivity index (χ4n) is 3.97. The number of nitrogens with two attached hydrogens (primary N) is 2. The van der Waals surface area contributed by atoms with Crippen molar-refractivity contribution in [3.8, 4) is 0 Å². The van der Waals surface area contributed by atoms with Crippen molar-refractivity contribution in [3.63, 3.8) is 0 Å². The Labute approximate surface area is 181 Å². The minimum Gasteiger partial charge on any atom is -0.370 e. The van der Waals surface area contributed by atoms with Gasteiger partial charge in [0, 0.05) is 10.4 Å². The Balaban J connectivity index is 1.66. The van der Waals surface area contributed by atoms with Gasteiger partial charge in [-0.3, -0.25) is 0 Å². The Kier molecular flexibility index (Phi) is 6.19. The van der Waals surface area contributed by atoms with E-state index in [1.54, 1.807) is 0 Å². The SMILES string of the molecule is NC(N)=NC1CCCCC1Nc1nc(/C=C/c2ccc(Cl)cc2)cc2ccccc12. The molecule has 2 aromatic carbocycles. The molecule has 154 valence electrons. The summed E-state index contributed by atoms with van der Waals surface area (Å²) < 4.78 is 0. The molecule has 2 unspecified atom stereocenters. The molecule has 1 aromatic heterocycles. The molecule has 5 nitrogen and oxygen atoms in total. The van der Waals surface area contributed by atoms with Crippen LogP contribution >= 0.6 is 11.6 Å². The van der Waals surface area contributed by atoms with E-state index in [1.165, 1.54) is 0 Å². The Morgan fingerprint density at radius 1 is 1.03 bits per heavy atom. The number of benzene rings is 2. The van der Waals surface area contributed by atoms with Gasteiger partial charge in [-0.2, -0.15) is 0 Å². The van der Waals surface area contributed by atoms with Gasteiger partial charge in [0.05, 0.1) is 17.8 Å².